The van der Waals surface area contributed by atoms with Gasteiger partial charge >= 0.3 is 5.97 Å². The van der Waals surface area contributed by atoms with Gasteiger partial charge in [0.25, 0.3) is 0 Å². The Hall–Kier alpha value is -2.53. The monoisotopic (exact) mass is 443 g/mol. The van der Waals surface area contributed by atoms with Crippen LogP contribution in [-0.4, -0.2) is 49.8 Å². The molecule has 0 amide bonds. The van der Waals surface area contributed by atoms with Crippen molar-refractivity contribution < 1.29 is 19.4 Å². The third kappa shape index (κ3) is 8.19. The molecule has 0 saturated heterocycles. The molecule has 1 unspecified atom stereocenters. The Morgan fingerprint density at radius 2 is 1.47 bits per heavy atom. The minimum atomic E-state index is -0.972. The van der Waals surface area contributed by atoms with Gasteiger partial charge in [-0.3, -0.25) is 0 Å². The second kappa shape index (κ2) is 13.8. The summed E-state index contributed by atoms with van der Waals surface area (Å²) in [6.45, 7) is 13.8. The zero-order chi connectivity index (χ0) is 24.3. The van der Waals surface area contributed by atoms with Crippen LogP contribution in [0.2, 0.25) is 0 Å². The highest BCUT2D eigenvalue weighted by molar-refractivity contribution is 5.70. The topological polar surface area (TPSA) is 59.0 Å². The van der Waals surface area contributed by atoms with Crippen molar-refractivity contribution in [3.63, 3.8) is 0 Å². The predicted molar refractivity (Wildman–Crippen MR) is 133 cm³/mol. The predicted octanol–water partition coefficient (Wildman–Crippen LogP) is 6.42. The Kier molecular flexibility index (Phi) is 11.9. The summed E-state index contributed by atoms with van der Waals surface area (Å²) < 4.78 is 11.6. The Morgan fingerprint density at radius 1 is 0.938 bits per heavy atom. The maximum atomic E-state index is 10.9. The number of aliphatic carboxylic acids is 1. The van der Waals surface area contributed by atoms with E-state index in [0.29, 0.717) is 18.3 Å². The minimum absolute atomic E-state index is 0.270. The SMILES string of the molecule is CC.CCC(C)c1cc(-c2ccc(OCCN(C)C)c(C(C)C)c2)ccc1OCC(=O)O. The van der Waals surface area contributed by atoms with E-state index < -0.39 is 5.97 Å². The fraction of sp³-hybridized carbons (Fsp3) is 0.519. The van der Waals surface area contributed by atoms with E-state index in [9.17, 15) is 4.79 Å². The van der Waals surface area contributed by atoms with Gasteiger partial charge in [0.2, 0.25) is 0 Å². The summed E-state index contributed by atoms with van der Waals surface area (Å²) in [4.78, 5) is 13.0. The lowest BCUT2D eigenvalue weighted by atomic mass is 9.92. The maximum Gasteiger partial charge on any atom is 0.341 e. The highest BCUT2D eigenvalue weighted by Gasteiger charge is 2.15. The van der Waals surface area contributed by atoms with Gasteiger partial charge in [0.1, 0.15) is 18.1 Å². The van der Waals surface area contributed by atoms with E-state index in [1.807, 2.05) is 40.1 Å². The first-order valence-corrected chi connectivity index (χ1v) is 11.6. The maximum absolute atomic E-state index is 10.9. The smallest absolute Gasteiger partial charge is 0.341 e. The lowest BCUT2D eigenvalue weighted by Crippen LogP contribution is -2.19. The highest BCUT2D eigenvalue weighted by Crippen LogP contribution is 2.36. The average Bonchev–Trinajstić information content (AvgIpc) is 2.78. The summed E-state index contributed by atoms with van der Waals surface area (Å²) in [5.74, 6) is 1.21. The number of likely N-dealkylation sites (N-methyl/N-ethyl adjacent to an activating group) is 1. The lowest BCUT2D eigenvalue weighted by molar-refractivity contribution is -0.139. The third-order valence-electron chi connectivity index (χ3n) is 5.27. The summed E-state index contributed by atoms with van der Waals surface area (Å²) >= 11 is 0. The van der Waals surface area contributed by atoms with Gasteiger partial charge in [-0.15, -0.1) is 0 Å². The highest BCUT2D eigenvalue weighted by atomic mass is 16.5. The Morgan fingerprint density at radius 3 is 1.94 bits per heavy atom. The van der Waals surface area contributed by atoms with Crippen LogP contribution in [0.25, 0.3) is 11.1 Å². The molecule has 0 fully saturated rings. The molecule has 1 atom stereocenters. The van der Waals surface area contributed by atoms with Crippen LogP contribution >= 0.6 is 0 Å². The summed E-state index contributed by atoms with van der Waals surface area (Å²) in [7, 11) is 4.07. The van der Waals surface area contributed by atoms with Crippen LogP contribution in [-0.2, 0) is 4.79 Å². The van der Waals surface area contributed by atoms with E-state index >= 15 is 0 Å². The van der Waals surface area contributed by atoms with Crippen molar-refractivity contribution in [1.29, 1.82) is 0 Å². The van der Waals surface area contributed by atoms with Crippen molar-refractivity contribution in [2.75, 3.05) is 33.9 Å². The first-order chi connectivity index (χ1) is 15.2. The molecular weight excluding hydrogens is 402 g/mol. The lowest BCUT2D eigenvalue weighted by Gasteiger charge is -2.19. The molecule has 0 spiro atoms. The van der Waals surface area contributed by atoms with Crippen molar-refractivity contribution in [3.05, 3.63) is 47.5 Å². The number of carboxylic acid groups (broad SMARTS) is 1. The second-order valence-corrected chi connectivity index (χ2v) is 8.30. The summed E-state index contributed by atoms with van der Waals surface area (Å²) in [5, 5.41) is 8.95. The van der Waals surface area contributed by atoms with Crippen LogP contribution in [0.15, 0.2) is 36.4 Å². The number of carboxylic acids is 1. The number of hydrogen-bond acceptors (Lipinski definition) is 4. The molecule has 5 heteroatoms. The molecule has 2 aromatic rings. The normalized spacial score (nSPS) is 11.7. The van der Waals surface area contributed by atoms with Gasteiger partial charge in [-0.2, -0.15) is 0 Å². The van der Waals surface area contributed by atoms with Gasteiger partial charge in [-0.05, 0) is 78.9 Å². The molecule has 178 valence electrons. The van der Waals surface area contributed by atoms with Crippen LogP contribution in [0.5, 0.6) is 11.5 Å². The largest absolute Gasteiger partial charge is 0.492 e. The molecule has 0 radical (unpaired) electrons. The number of hydrogen-bond donors (Lipinski definition) is 1. The molecule has 0 aliphatic rings. The Balaban J connectivity index is 0.00000249. The van der Waals surface area contributed by atoms with Crippen LogP contribution in [0.1, 0.15) is 70.9 Å². The van der Waals surface area contributed by atoms with Gasteiger partial charge in [-0.1, -0.05) is 53.7 Å². The molecule has 2 rings (SSSR count). The molecule has 32 heavy (non-hydrogen) atoms. The van der Waals surface area contributed by atoms with E-state index in [-0.39, 0.29) is 12.5 Å². The summed E-state index contributed by atoms with van der Waals surface area (Å²) in [5.41, 5.74) is 4.43. The molecular formula is C27H41NO4. The van der Waals surface area contributed by atoms with Crippen molar-refractivity contribution in [3.8, 4) is 22.6 Å². The molecule has 0 aromatic heterocycles. The Bertz CT molecular complexity index is 846. The van der Waals surface area contributed by atoms with Crippen molar-refractivity contribution >= 4 is 5.97 Å². The van der Waals surface area contributed by atoms with E-state index in [4.69, 9.17) is 14.6 Å². The molecule has 5 nitrogen and oxygen atoms in total. The van der Waals surface area contributed by atoms with Crippen molar-refractivity contribution in [1.82, 2.24) is 4.90 Å². The number of carbonyl (C=O) groups is 1. The van der Waals surface area contributed by atoms with E-state index in [2.05, 4.69) is 56.9 Å². The van der Waals surface area contributed by atoms with Gasteiger partial charge < -0.3 is 19.5 Å². The van der Waals surface area contributed by atoms with Gasteiger partial charge in [-0.25, -0.2) is 4.79 Å². The molecule has 1 N–H and O–H groups in total. The fourth-order valence-corrected chi connectivity index (χ4v) is 3.25. The fourth-order valence-electron chi connectivity index (χ4n) is 3.25. The first-order valence-electron chi connectivity index (χ1n) is 11.6. The van der Waals surface area contributed by atoms with Crippen LogP contribution in [0.4, 0.5) is 0 Å². The molecule has 0 heterocycles. The van der Waals surface area contributed by atoms with Gasteiger partial charge in [0.15, 0.2) is 6.61 Å². The van der Waals surface area contributed by atoms with E-state index in [0.717, 1.165) is 35.4 Å². The van der Waals surface area contributed by atoms with Gasteiger partial charge in [0.05, 0.1) is 0 Å². The molecule has 0 bridgehead atoms. The summed E-state index contributed by atoms with van der Waals surface area (Å²) in [6.07, 6.45) is 0.947. The number of nitrogens with zero attached hydrogens (tertiary/aromatic N) is 1. The molecule has 0 aliphatic heterocycles. The molecule has 0 aliphatic carbocycles. The van der Waals surface area contributed by atoms with E-state index in [1.165, 1.54) is 5.56 Å². The van der Waals surface area contributed by atoms with E-state index in [1.54, 1.807) is 0 Å². The third-order valence-corrected chi connectivity index (χ3v) is 5.27. The van der Waals surface area contributed by atoms with Crippen LogP contribution in [0.3, 0.4) is 0 Å². The van der Waals surface area contributed by atoms with Crippen LogP contribution in [0, 0.1) is 0 Å². The first kappa shape index (κ1) is 27.5. The number of benzene rings is 2. The van der Waals surface area contributed by atoms with Crippen molar-refractivity contribution in [2.45, 2.75) is 59.8 Å². The van der Waals surface area contributed by atoms with Crippen LogP contribution < -0.4 is 9.47 Å². The zero-order valence-electron chi connectivity index (χ0n) is 21.1. The Labute approximate surface area is 194 Å². The minimum Gasteiger partial charge on any atom is -0.492 e. The standard InChI is InChI=1S/C25H35NO4.C2H6/c1-7-18(4)22-15-20(9-11-24(22)30-16-25(27)28)19-8-10-23(21(14-19)17(2)3)29-13-12-26(5)6;1-2/h8-11,14-15,17-18H,7,12-13,16H2,1-6H3,(H,27,28);1-2H3. The number of ether oxygens (including phenoxy) is 2. The summed E-state index contributed by atoms with van der Waals surface area (Å²) in [6, 6.07) is 12.3. The average molecular weight is 444 g/mol. The zero-order valence-corrected chi connectivity index (χ0v) is 21.1. The number of rotatable bonds is 11. The molecule has 2 aromatic carbocycles. The van der Waals surface area contributed by atoms with Gasteiger partial charge in [0, 0.05) is 6.54 Å². The molecule has 0 saturated carbocycles. The quantitative estimate of drug-likeness (QED) is 0.434. The van der Waals surface area contributed by atoms with Crippen molar-refractivity contribution in [2.24, 2.45) is 0 Å². The second-order valence-electron chi connectivity index (χ2n) is 8.30.